The summed E-state index contributed by atoms with van der Waals surface area (Å²) < 4.78 is 11.0. The molecule has 0 spiro atoms. The highest BCUT2D eigenvalue weighted by molar-refractivity contribution is 5.98. The van der Waals surface area contributed by atoms with Crippen LogP contribution in [0.4, 0.5) is 10.5 Å². The molecule has 2 aliphatic rings. The van der Waals surface area contributed by atoms with Gasteiger partial charge in [0.2, 0.25) is 0 Å². The number of amides is 3. The topological polar surface area (TPSA) is 79.9 Å². The zero-order chi connectivity index (χ0) is 20.1. The summed E-state index contributed by atoms with van der Waals surface area (Å²) in [6, 6.07) is 4.83. The third-order valence-electron chi connectivity index (χ3n) is 5.55. The van der Waals surface area contributed by atoms with Crippen molar-refractivity contribution in [1.82, 2.24) is 10.2 Å². The Morgan fingerprint density at radius 2 is 1.93 bits per heavy atom. The minimum atomic E-state index is -0.328. The number of rotatable bonds is 6. The van der Waals surface area contributed by atoms with Crippen LogP contribution in [0.5, 0.6) is 5.75 Å². The molecule has 0 unspecified atom stereocenters. The number of carbonyl (C=O) groups excluding carboxylic acids is 2. The predicted molar refractivity (Wildman–Crippen MR) is 108 cm³/mol. The van der Waals surface area contributed by atoms with Gasteiger partial charge in [-0.3, -0.25) is 4.79 Å². The number of urea groups is 1. The van der Waals surface area contributed by atoms with Gasteiger partial charge in [0.1, 0.15) is 5.75 Å². The van der Waals surface area contributed by atoms with E-state index in [0.717, 1.165) is 32.4 Å². The van der Waals surface area contributed by atoms with Crippen LogP contribution in [0.25, 0.3) is 0 Å². The standard InChI is InChI=1S/C21H31N3O4/c1-4-28-21(2)14-18(21)23-20(26)22-16-13-15(9-10-17(16)27-3)19(25)24-11-7-5-6-8-12-24/h9-10,13,18H,4-8,11-12,14H2,1-3H3,(H2,22,23,26)/t18-,21+/m1/s1. The van der Waals surface area contributed by atoms with E-state index in [4.69, 9.17) is 9.47 Å². The average molecular weight is 389 g/mol. The Hall–Kier alpha value is -2.28. The molecule has 2 atom stereocenters. The van der Waals surface area contributed by atoms with Crippen LogP contribution < -0.4 is 15.4 Å². The summed E-state index contributed by atoms with van der Waals surface area (Å²) in [5, 5.41) is 5.75. The van der Waals surface area contributed by atoms with Crippen molar-refractivity contribution in [2.75, 3.05) is 32.1 Å². The molecule has 7 nitrogen and oxygen atoms in total. The van der Waals surface area contributed by atoms with Crippen LogP contribution in [0.2, 0.25) is 0 Å². The molecule has 0 aromatic heterocycles. The Balaban J connectivity index is 1.67. The molecule has 3 rings (SSSR count). The molecular formula is C21H31N3O4. The van der Waals surface area contributed by atoms with Crippen LogP contribution in [0.15, 0.2) is 18.2 Å². The number of nitrogens with zero attached hydrogens (tertiary/aromatic N) is 1. The Labute approximate surface area is 166 Å². The summed E-state index contributed by atoms with van der Waals surface area (Å²) >= 11 is 0. The van der Waals surface area contributed by atoms with Crippen molar-refractivity contribution in [3.05, 3.63) is 23.8 Å². The highest BCUT2D eigenvalue weighted by Crippen LogP contribution is 2.39. The van der Waals surface area contributed by atoms with Gasteiger partial charge in [-0.2, -0.15) is 0 Å². The minimum absolute atomic E-state index is 0.000810. The monoisotopic (exact) mass is 389 g/mol. The maximum Gasteiger partial charge on any atom is 0.319 e. The summed E-state index contributed by atoms with van der Waals surface area (Å²) in [4.78, 5) is 27.2. The molecule has 1 aliphatic carbocycles. The van der Waals surface area contributed by atoms with Crippen LogP contribution in [0.1, 0.15) is 56.3 Å². The molecule has 3 amide bonds. The van der Waals surface area contributed by atoms with E-state index < -0.39 is 0 Å². The highest BCUT2D eigenvalue weighted by Gasteiger charge is 2.52. The predicted octanol–water partition coefficient (Wildman–Crippen LogP) is 3.40. The lowest BCUT2D eigenvalue weighted by Gasteiger charge is -2.21. The Morgan fingerprint density at radius 3 is 2.57 bits per heavy atom. The van der Waals surface area contributed by atoms with Gasteiger partial charge in [0.15, 0.2) is 0 Å². The lowest BCUT2D eigenvalue weighted by molar-refractivity contribution is 0.0494. The quantitative estimate of drug-likeness (QED) is 0.781. The van der Waals surface area contributed by atoms with E-state index in [1.807, 2.05) is 18.7 Å². The number of hydrogen-bond acceptors (Lipinski definition) is 4. The van der Waals surface area contributed by atoms with E-state index in [9.17, 15) is 9.59 Å². The largest absolute Gasteiger partial charge is 0.495 e. The number of methoxy groups -OCH3 is 1. The van der Waals surface area contributed by atoms with Crippen molar-refractivity contribution in [3.63, 3.8) is 0 Å². The fourth-order valence-electron chi connectivity index (χ4n) is 3.75. The van der Waals surface area contributed by atoms with Gasteiger partial charge in [-0.15, -0.1) is 0 Å². The number of carbonyl (C=O) groups is 2. The smallest absolute Gasteiger partial charge is 0.319 e. The number of ether oxygens (including phenoxy) is 2. The Bertz CT molecular complexity index is 716. The highest BCUT2D eigenvalue weighted by atomic mass is 16.5. The number of benzene rings is 1. The van der Waals surface area contributed by atoms with Gasteiger partial charge in [-0.25, -0.2) is 4.79 Å². The molecule has 154 valence electrons. The summed E-state index contributed by atoms with van der Waals surface area (Å²) in [6.07, 6.45) is 5.20. The zero-order valence-corrected chi connectivity index (χ0v) is 17.0. The van der Waals surface area contributed by atoms with Crippen molar-refractivity contribution in [2.45, 2.75) is 57.6 Å². The second kappa shape index (κ2) is 8.82. The molecule has 1 saturated carbocycles. The van der Waals surface area contributed by atoms with Gasteiger partial charge in [0.05, 0.1) is 24.4 Å². The third kappa shape index (κ3) is 4.76. The van der Waals surface area contributed by atoms with Crippen LogP contribution in [-0.4, -0.2) is 55.3 Å². The van der Waals surface area contributed by atoms with Gasteiger partial charge in [-0.1, -0.05) is 12.8 Å². The molecule has 2 N–H and O–H groups in total. The number of likely N-dealkylation sites (tertiary alicyclic amines) is 1. The second-order valence-corrected chi connectivity index (χ2v) is 7.72. The fourth-order valence-corrected chi connectivity index (χ4v) is 3.75. The van der Waals surface area contributed by atoms with Gasteiger partial charge < -0.3 is 25.0 Å². The van der Waals surface area contributed by atoms with Crippen LogP contribution >= 0.6 is 0 Å². The lowest BCUT2D eigenvalue weighted by Crippen LogP contribution is -2.35. The maximum absolute atomic E-state index is 12.9. The van der Waals surface area contributed by atoms with E-state index in [-0.39, 0.29) is 23.6 Å². The molecule has 7 heteroatoms. The molecule has 28 heavy (non-hydrogen) atoms. The first-order chi connectivity index (χ1) is 13.5. The Kier molecular flexibility index (Phi) is 6.44. The molecule has 1 aromatic rings. The van der Waals surface area contributed by atoms with E-state index in [2.05, 4.69) is 10.6 Å². The first kappa shape index (κ1) is 20.5. The van der Waals surface area contributed by atoms with Gasteiger partial charge >= 0.3 is 6.03 Å². The number of hydrogen-bond donors (Lipinski definition) is 2. The maximum atomic E-state index is 12.9. The second-order valence-electron chi connectivity index (χ2n) is 7.72. The fraction of sp³-hybridized carbons (Fsp3) is 0.619. The molecule has 1 heterocycles. The zero-order valence-electron chi connectivity index (χ0n) is 17.0. The van der Waals surface area contributed by atoms with Crippen LogP contribution in [-0.2, 0) is 4.74 Å². The van der Waals surface area contributed by atoms with Crippen molar-refractivity contribution in [3.8, 4) is 5.75 Å². The van der Waals surface area contributed by atoms with Crippen molar-refractivity contribution >= 4 is 17.6 Å². The van der Waals surface area contributed by atoms with Gasteiger partial charge in [-0.05, 0) is 44.9 Å². The summed E-state index contributed by atoms with van der Waals surface area (Å²) in [5.41, 5.74) is 0.754. The normalized spacial score (nSPS) is 24.2. The average Bonchev–Trinajstić information content (AvgIpc) is 3.38. The van der Waals surface area contributed by atoms with Gasteiger partial charge in [0.25, 0.3) is 5.91 Å². The molecular weight excluding hydrogens is 358 g/mol. The van der Waals surface area contributed by atoms with Crippen molar-refractivity contribution in [2.24, 2.45) is 0 Å². The molecule has 2 fully saturated rings. The summed E-state index contributed by atoms with van der Waals surface area (Å²) in [5.74, 6) is 0.519. The Morgan fingerprint density at radius 1 is 1.21 bits per heavy atom. The molecule has 0 bridgehead atoms. The first-order valence-corrected chi connectivity index (χ1v) is 10.2. The van der Waals surface area contributed by atoms with E-state index in [1.54, 1.807) is 25.3 Å². The summed E-state index contributed by atoms with van der Waals surface area (Å²) in [7, 11) is 1.54. The summed E-state index contributed by atoms with van der Waals surface area (Å²) in [6.45, 7) is 6.11. The van der Waals surface area contributed by atoms with Crippen molar-refractivity contribution in [1.29, 1.82) is 0 Å². The SMILES string of the molecule is CCO[C@@]1(C)C[C@H]1NC(=O)Nc1cc(C(=O)N2CCCCCC2)ccc1OC. The van der Waals surface area contributed by atoms with E-state index >= 15 is 0 Å². The van der Waals surface area contributed by atoms with E-state index in [0.29, 0.717) is 23.6 Å². The first-order valence-electron chi connectivity index (χ1n) is 10.2. The van der Waals surface area contributed by atoms with Crippen LogP contribution in [0.3, 0.4) is 0 Å². The minimum Gasteiger partial charge on any atom is -0.495 e. The van der Waals surface area contributed by atoms with E-state index in [1.165, 1.54) is 12.8 Å². The number of nitrogens with one attached hydrogen (secondary N) is 2. The lowest BCUT2D eigenvalue weighted by atomic mass is 10.1. The molecule has 1 saturated heterocycles. The van der Waals surface area contributed by atoms with Gasteiger partial charge in [0, 0.05) is 31.7 Å². The van der Waals surface area contributed by atoms with Crippen molar-refractivity contribution < 1.29 is 19.1 Å². The molecule has 0 radical (unpaired) electrons. The number of anilines is 1. The third-order valence-corrected chi connectivity index (χ3v) is 5.55. The molecule has 1 aromatic carbocycles. The van der Waals surface area contributed by atoms with Crippen LogP contribution in [0, 0.1) is 0 Å². The molecule has 1 aliphatic heterocycles.